The average Bonchev–Trinajstić information content (AvgIpc) is 2.19. The highest BCUT2D eigenvalue weighted by atomic mass is 16.5. The number of amides is 2. The Kier molecular flexibility index (Phi) is 4.63. The second kappa shape index (κ2) is 6.03. The summed E-state index contributed by atoms with van der Waals surface area (Å²) in [6, 6.07) is 7.38. The molecule has 0 atom stereocenters. The van der Waals surface area contributed by atoms with Gasteiger partial charge in [0.25, 0.3) is 0 Å². The Hall–Kier alpha value is -1.55. The van der Waals surface area contributed by atoms with E-state index in [1.807, 2.05) is 31.2 Å². The summed E-state index contributed by atoms with van der Waals surface area (Å²) in [5.41, 5.74) is 1.81. The molecule has 0 radical (unpaired) electrons. The number of benzene rings is 1. The average molecular weight is 208 g/mol. The minimum atomic E-state index is -0.188. The number of nitrogens with one attached hydrogen (secondary N) is 2. The van der Waals surface area contributed by atoms with Gasteiger partial charge in [0.15, 0.2) is 0 Å². The molecule has 0 heterocycles. The van der Waals surface area contributed by atoms with Gasteiger partial charge in [-0.2, -0.15) is 0 Å². The fourth-order valence-electron chi connectivity index (χ4n) is 1.24. The van der Waals surface area contributed by atoms with E-state index >= 15 is 0 Å². The van der Waals surface area contributed by atoms with Gasteiger partial charge in [-0.15, -0.1) is 0 Å². The molecule has 2 amide bonds. The van der Waals surface area contributed by atoms with Crippen molar-refractivity contribution in [3.8, 4) is 0 Å². The number of urea groups is 1. The number of rotatable bonds is 4. The van der Waals surface area contributed by atoms with E-state index in [0.717, 1.165) is 11.3 Å². The molecule has 2 N–H and O–H groups in total. The quantitative estimate of drug-likeness (QED) is 0.794. The summed E-state index contributed by atoms with van der Waals surface area (Å²) in [6.07, 6.45) is 0. The molecule has 0 unspecified atom stereocenters. The molecule has 1 aromatic carbocycles. The van der Waals surface area contributed by atoms with Crippen molar-refractivity contribution < 1.29 is 9.53 Å². The SMILES string of the molecule is CCNC(=O)Nc1cccc(COC)c1. The normalized spacial score (nSPS) is 9.73. The molecule has 0 fully saturated rings. The number of methoxy groups -OCH3 is 1. The van der Waals surface area contributed by atoms with Gasteiger partial charge in [0.1, 0.15) is 0 Å². The fourth-order valence-corrected chi connectivity index (χ4v) is 1.24. The van der Waals surface area contributed by atoms with Crippen LogP contribution in [0, 0.1) is 0 Å². The van der Waals surface area contributed by atoms with E-state index in [4.69, 9.17) is 4.74 Å². The van der Waals surface area contributed by atoms with Crippen LogP contribution in [0.1, 0.15) is 12.5 Å². The van der Waals surface area contributed by atoms with Crippen molar-refractivity contribution in [2.75, 3.05) is 19.0 Å². The predicted molar refractivity (Wildman–Crippen MR) is 59.9 cm³/mol. The first-order valence-electron chi connectivity index (χ1n) is 4.89. The van der Waals surface area contributed by atoms with Crippen molar-refractivity contribution in [2.24, 2.45) is 0 Å². The minimum Gasteiger partial charge on any atom is -0.380 e. The summed E-state index contributed by atoms with van der Waals surface area (Å²) >= 11 is 0. The van der Waals surface area contributed by atoms with Crippen LogP contribution in [0.15, 0.2) is 24.3 Å². The molecule has 0 aliphatic rings. The lowest BCUT2D eigenvalue weighted by atomic mass is 10.2. The van der Waals surface area contributed by atoms with Gasteiger partial charge in [0, 0.05) is 19.3 Å². The predicted octanol–water partition coefficient (Wildman–Crippen LogP) is 1.97. The minimum absolute atomic E-state index is 0.188. The number of hydrogen-bond donors (Lipinski definition) is 2. The lowest BCUT2D eigenvalue weighted by Crippen LogP contribution is -2.28. The van der Waals surface area contributed by atoms with Crippen molar-refractivity contribution in [3.05, 3.63) is 29.8 Å². The molecule has 0 aromatic heterocycles. The topological polar surface area (TPSA) is 50.4 Å². The van der Waals surface area contributed by atoms with E-state index in [-0.39, 0.29) is 6.03 Å². The Morgan fingerprint density at radius 3 is 2.93 bits per heavy atom. The zero-order chi connectivity index (χ0) is 11.1. The second-order valence-corrected chi connectivity index (χ2v) is 3.12. The van der Waals surface area contributed by atoms with Crippen molar-refractivity contribution in [2.45, 2.75) is 13.5 Å². The molecular formula is C11H16N2O2. The summed E-state index contributed by atoms with van der Waals surface area (Å²) in [6.45, 7) is 3.04. The first kappa shape index (κ1) is 11.5. The van der Waals surface area contributed by atoms with Crippen molar-refractivity contribution in [3.63, 3.8) is 0 Å². The maximum atomic E-state index is 11.2. The van der Waals surface area contributed by atoms with Crippen LogP contribution >= 0.6 is 0 Å². The zero-order valence-corrected chi connectivity index (χ0v) is 9.04. The largest absolute Gasteiger partial charge is 0.380 e. The Morgan fingerprint density at radius 1 is 1.47 bits per heavy atom. The number of carbonyl (C=O) groups is 1. The van der Waals surface area contributed by atoms with E-state index in [2.05, 4.69) is 10.6 Å². The van der Waals surface area contributed by atoms with Gasteiger partial charge in [-0.05, 0) is 24.6 Å². The highest BCUT2D eigenvalue weighted by Gasteiger charge is 2.00. The number of ether oxygens (including phenoxy) is 1. The number of anilines is 1. The zero-order valence-electron chi connectivity index (χ0n) is 9.04. The lowest BCUT2D eigenvalue weighted by molar-refractivity contribution is 0.185. The van der Waals surface area contributed by atoms with Crippen LogP contribution in [0.2, 0.25) is 0 Å². The Morgan fingerprint density at radius 2 is 2.27 bits per heavy atom. The van der Waals surface area contributed by atoms with Crippen molar-refractivity contribution >= 4 is 11.7 Å². The van der Waals surface area contributed by atoms with Crippen molar-refractivity contribution in [1.82, 2.24) is 5.32 Å². The highest BCUT2D eigenvalue weighted by Crippen LogP contribution is 2.10. The second-order valence-electron chi connectivity index (χ2n) is 3.12. The standard InChI is InChI=1S/C11H16N2O2/c1-3-12-11(14)13-10-6-4-5-9(7-10)8-15-2/h4-7H,3,8H2,1-2H3,(H2,12,13,14). The Bertz CT molecular complexity index is 326. The van der Waals surface area contributed by atoms with Crippen LogP contribution in [0.3, 0.4) is 0 Å². The molecule has 4 nitrogen and oxygen atoms in total. The molecule has 15 heavy (non-hydrogen) atoms. The fraction of sp³-hybridized carbons (Fsp3) is 0.364. The van der Waals surface area contributed by atoms with Crippen LogP contribution in [0.25, 0.3) is 0 Å². The van der Waals surface area contributed by atoms with Crippen LogP contribution in [-0.4, -0.2) is 19.7 Å². The molecule has 0 aliphatic heterocycles. The van der Waals surface area contributed by atoms with Gasteiger partial charge in [-0.25, -0.2) is 4.79 Å². The molecule has 82 valence electrons. The number of hydrogen-bond acceptors (Lipinski definition) is 2. The van der Waals surface area contributed by atoms with Gasteiger partial charge < -0.3 is 15.4 Å². The van der Waals surface area contributed by atoms with E-state index in [1.54, 1.807) is 7.11 Å². The van der Waals surface area contributed by atoms with Gasteiger partial charge in [0.2, 0.25) is 0 Å². The first-order chi connectivity index (χ1) is 7.26. The van der Waals surface area contributed by atoms with Crippen LogP contribution < -0.4 is 10.6 Å². The molecule has 0 aliphatic carbocycles. The molecule has 4 heteroatoms. The van der Waals surface area contributed by atoms with E-state index in [0.29, 0.717) is 13.2 Å². The summed E-state index contributed by atoms with van der Waals surface area (Å²) in [4.78, 5) is 11.2. The van der Waals surface area contributed by atoms with E-state index in [1.165, 1.54) is 0 Å². The molecule has 1 rings (SSSR count). The molecule has 0 saturated heterocycles. The van der Waals surface area contributed by atoms with Crippen molar-refractivity contribution in [1.29, 1.82) is 0 Å². The monoisotopic (exact) mass is 208 g/mol. The number of carbonyl (C=O) groups excluding carboxylic acids is 1. The summed E-state index contributed by atoms with van der Waals surface area (Å²) < 4.78 is 5.01. The summed E-state index contributed by atoms with van der Waals surface area (Å²) in [5.74, 6) is 0. The maximum absolute atomic E-state index is 11.2. The van der Waals surface area contributed by atoms with Crippen LogP contribution in [0.4, 0.5) is 10.5 Å². The highest BCUT2D eigenvalue weighted by molar-refractivity contribution is 5.89. The summed E-state index contributed by atoms with van der Waals surface area (Å²) in [7, 11) is 1.64. The smallest absolute Gasteiger partial charge is 0.319 e. The Balaban J connectivity index is 2.60. The molecule has 1 aromatic rings. The first-order valence-corrected chi connectivity index (χ1v) is 4.89. The van der Waals surface area contributed by atoms with Crippen LogP contribution in [0.5, 0.6) is 0 Å². The molecular weight excluding hydrogens is 192 g/mol. The molecule has 0 bridgehead atoms. The van der Waals surface area contributed by atoms with Gasteiger partial charge in [-0.3, -0.25) is 0 Å². The molecule has 0 saturated carbocycles. The third-order valence-corrected chi connectivity index (χ3v) is 1.83. The van der Waals surface area contributed by atoms with Gasteiger partial charge >= 0.3 is 6.03 Å². The molecule has 0 spiro atoms. The third-order valence-electron chi connectivity index (χ3n) is 1.83. The van der Waals surface area contributed by atoms with E-state index in [9.17, 15) is 4.79 Å². The van der Waals surface area contributed by atoms with Gasteiger partial charge in [0.05, 0.1) is 6.61 Å². The summed E-state index contributed by atoms with van der Waals surface area (Å²) in [5, 5.41) is 5.40. The maximum Gasteiger partial charge on any atom is 0.319 e. The van der Waals surface area contributed by atoms with Crippen LogP contribution in [-0.2, 0) is 11.3 Å². The lowest BCUT2D eigenvalue weighted by Gasteiger charge is -2.07. The Labute approximate surface area is 89.6 Å². The third kappa shape index (κ3) is 3.99. The van der Waals surface area contributed by atoms with Gasteiger partial charge in [-0.1, -0.05) is 12.1 Å². The van der Waals surface area contributed by atoms with E-state index < -0.39 is 0 Å².